The number of pyridine rings is 1. The van der Waals surface area contributed by atoms with E-state index in [1.54, 1.807) is 39.8 Å². The Bertz CT molecular complexity index is 556. The van der Waals surface area contributed by atoms with Crippen molar-refractivity contribution in [2.75, 3.05) is 12.8 Å². The van der Waals surface area contributed by atoms with Crippen molar-refractivity contribution < 1.29 is 23.8 Å². The number of nitrogens with two attached hydrogens (primary N) is 1. The molecule has 0 spiro atoms. The predicted octanol–water partition coefficient (Wildman–Crippen LogP) is 1.50. The third kappa shape index (κ3) is 6.01. The first-order chi connectivity index (χ1) is 10.6. The summed E-state index contributed by atoms with van der Waals surface area (Å²) in [5, 5.41) is 2.43. The summed E-state index contributed by atoms with van der Waals surface area (Å²) in [7, 11) is 1.22. The number of hydrogen-bond acceptors (Lipinski definition) is 7. The van der Waals surface area contributed by atoms with E-state index in [4.69, 9.17) is 19.9 Å². The Labute approximate surface area is 135 Å². The van der Waals surface area contributed by atoms with Crippen LogP contribution in [-0.2, 0) is 14.3 Å². The van der Waals surface area contributed by atoms with Gasteiger partial charge in [0.15, 0.2) is 6.04 Å². The number of hydrogen-bond donors (Lipinski definition) is 2. The topological polar surface area (TPSA) is 113 Å². The van der Waals surface area contributed by atoms with Gasteiger partial charge in [0.25, 0.3) is 0 Å². The average Bonchev–Trinajstić information content (AvgIpc) is 2.44. The predicted molar refractivity (Wildman–Crippen MR) is 83.9 cm³/mol. The highest BCUT2D eigenvalue weighted by Gasteiger charge is 2.31. The van der Waals surface area contributed by atoms with E-state index in [1.165, 1.54) is 13.3 Å². The monoisotopic (exact) mass is 325 g/mol. The van der Waals surface area contributed by atoms with Gasteiger partial charge in [-0.05, 0) is 39.8 Å². The number of methoxy groups -OCH3 is 1. The highest BCUT2D eigenvalue weighted by Crippen LogP contribution is 2.19. The number of carbonyl (C=O) groups is 2. The Hall–Kier alpha value is -2.51. The minimum atomic E-state index is -1.07. The molecule has 3 N–H and O–H groups in total. The maximum Gasteiger partial charge on any atom is 0.408 e. The van der Waals surface area contributed by atoms with Gasteiger partial charge in [-0.25, -0.2) is 14.6 Å². The third-order valence-electron chi connectivity index (χ3n) is 2.69. The number of amides is 1. The first-order valence-electron chi connectivity index (χ1n) is 7.08. The lowest BCUT2D eigenvalue weighted by molar-refractivity contribution is -0.145. The van der Waals surface area contributed by atoms with Gasteiger partial charge in [0.05, 0.1) is 12.8 Å². The standard InChI is InChI=1S/C15H23N3O5/c1-9(22-12-10(16)7-6-8-17-12)11(13(19)21-5)18-14(20)23-15(2,3)4/h6-9,11H,16H2,1-5H3,(H,18,20)/t9-,11+/m1/s1. The van der Waals surface area contributed by atoms with Crippen LogP contribution >= 0.6 is 0 Å². The van der Waals surface area contributed by atoms with Crippen molar-refractivity contribution in [1.82, 2.24) is 10.3 Å². The van der Waals surface area contributed by atoms with E-state index in [0.717, 1.165) is 0 Å². The molecule has 8 heteroatoms. The molecule has 0 radical (unpaired) electrons. The molecule has 0 saturated heterocycles. The molecule has 0 unspecified atom stereocenters. The van der Waals surface area contributed by atoms with Gasteiger partial charge in [0, 0.05) is 6.20 Å². The Balaban J connectivity index is 2.83. The van der Waals surface area contributed by atoms with Gasteiger partial charge >= 0.3 is 12.1 Å². The molecule has 8 nitrogen and oxygen atoms in total. The van der Waals surface area contributed by atoms with Gasteiger partial charge in [-0.15, -0.1) is 0 Å². The lowest BCUT2D eigenvalue weighted by Gasteiger charge is -2.26. The second kappa shape index (κ2) is 7.66. The molecular weight excluding hydrogens is 302 g/mol. The summed E-state index contributed by atoms with van der Waals surface area (Å²) in [5.41, 5.74) is 5.37. The number of ether oxygens (including phenoxy) is 3. The molecular formula is C15H23N3O5. The zero-order valence-electron chi connectivity index (χ0n) is 14.0. The average molecular weight is 325 g/mol. The van der Waals surface area contributed by atoms with E-state index in [2.05, 4.69) is 10.3 Å². The number of rotatable bonds is 5. The van der Waals surface area contributed by atoms with E-state index in [0.29, 0.717) is 5.69 Å². The van der Waals surface area contributed by atoms with E-state index >= 15 is 0 Å². The van der Waals surface area contributed by atoms with Crippen LogP contribution in [0.5, 0.6) is 5.88 Å². The molecule has 0 bridgehead atoms. The van der Waals surface area contributed by atoms with Gasteiger partial charge in [0.2, 0.25) is 5.88 Å². The number of esters is 1. The molecule has 0 saturated carbocycles. The molecule has 23 heavy (non-hydrogen) atoms. The molecule has 2 atom stereocenters. The fourth-order valence-electron chi connectivity index (χ4n) is 1.68. The molecule has 0 aliphatic heterocycles. The fourth-order valence-corrected chi connectivity index (χ4v) is 1.68. The largest absolute Gasteiger partial charge is 0.470 e. The first-order valence-corrected chi connectivity index (χ1v) is 7.08. The van der Waals surface area contributed by atoms with Gasteiger partial charge in [-0.1, -0.05) is 0 Å². The number of nitrogens with one attached hydrogen (secondary N) is 1. The Morgan fingerprint density at radius 2 is 2.00 bits per heavy atom. The van der Waals surface area contributed by atoms with Crippen LogP contribution in [0.2, 0.25) is 0 Å². The Morgan fingerprint density at radius 3 is 2.52 bits per heavy atom. The van der Waals surface area contributed by atoms with Gasteiger partial charge in [-0.3, -0.25) is 0 Å². The second-order valence-electron chi connectivity index (χ2n) is 5.87. The van der Waals surface area contributed by atoms with E-state index < -0.39 is 29.8 Å². The van der Waals surface area contributed by atoms with Crippen LogP contribution in [0.1, 0.15) is 27.7 Å². The van der Waals surface area contributed by atoms with Crippen molar-refractivity contribution >= 4 is 17.7 Å². The molecule has 128 valence electrons. The molecule has 1 aromatic rings. The van der Waals surface area contributed by atoms with Crippen LogP contribution < -0.4 is 15.8 Å². The van der Waals surface area contributed by atoms with Gasteiger partial charge in [0.1, 0.15) is 11.7 Å². The number of aromatic nitrogens is 1. The zero-order chi connectivity index (χ0) is 17.6. The summed E-state index contributed by atoms with van der Waals surface area (Å²) in [5.74, 6) is -0.502. The van der Waals surface area contributed by atoms with Crippen molar-refractivity contribution in [2.45, 2.75) is 45.4 Å². The number of anilines is 1. The zero-order valence-corrected chi connectivity index (χ0v) is 14.0. The van der Waals surface area contributed by atoms with Crippen molar-refractivity contribution in [1.29, 1.82) is 0 Å². The van der Waals surface area contributed by atoms with Crippen molar-refractivity contribution in [2.24, 2.45) is 0 Å². The number of nitrogen functional groups attached to an aromatic ring is 1. The molecule has 0 fully saturated rings. The summed E-state index contributed by atoms with van der Waals surface area (Å²) in [4.78, 5) is 27.8. The normalized spacial score (nSPS) is 13.6. The quantitative estimate of drug-likeness (QED) is 0.789. The summed E-state index contributed by atoms with van der Waals surface area (Å²) in [6, 6.07) is 2.20. The van der Waals surface area contributed by atoms with E-state index in [-0.39, 0.29) is 5.88 Å². The van der Waals surface area contributed by atoms with Crippen LogP contribution in [0.15, 0.2) is 18.3 Å². The molecule has 0 aliphatic rings. The highest BCUT2D eigenvalue weighted by atomic mass is 16.6. The number of nitrogens with zero attached hydrogens (tertiary/aromatic N) is 1. The Kier molecular flexibility index (Phi) is 6.18. The van der Waals surface area contributed by atoms with Crippen LogP contribution in [0.3, 0.4) is 0 Å². The van der Waals surface area contributed by atoms with Crippen molar-refractivity contribution in [3.8, 4) is 5.88 Å². The van der Waals surface area contributed by atoms with Gasteiger partial charge < -0.3 is 25.3 Å². The molecule has 1 rings (SSSR count). The summed E-state index contributed by atoms with van der Waals surface area (Å²) in [6.45, 7) is 6.74. The minimum Gasteiger partial charge on any atom is -0.470 e. The minimum absolute atomic E-state index is 0.167. The summed E-state index contributed by atoms with van der Waals surface area (Å²) < 4.78 is 15.4. The highest BCUT2D eigenvalue weighted by molar-refractivity contribution is 5.82. The summed E-state index contributed by atoms with van der Waals surface area (Å²) in [6.07, 6.45) is -0.0168. The maximum atomic E-state index is 11.9. The SMILES string of the molecule is COC(=O)[C@@H](NC(=O)OC(C)(C)C)[C@@H](C)Oc1ncccc1N. The van der Waals surface area contributed by atoms with Crippen molar-refractivity contribution in [3.05, 3.63) is 18.3 Å². The second-order valence-corrected chi connectivity index (χ2v) is 5.87. The van der Waals surface area contributed by atoms with Crippen LogP contribution in [0.25, 0.3) is 0 Å². The molecule has 1 aromatic heterocycles. The first kappa shape index (κ1) is 18.5. The van der Waals surface area contributed by atoms with E-state index in [9.17, 15) is 9.59 Å². The van der Waals surface area contributed by atoms with Crippen LogP contribution in [0.4, 0.5) is 10.5 Å². The smallest absolute Gasteiger partial charge is 0.408 e. The van der Waals surface area contributed by atoms with Crippen LogP contribution in [0, 0.1) is 0 Å². The van der Waals surface area contributed by atoms with Crippen LogP contribution in [-0.4, -0.2) is 41.9 Å². The summed E-state index contributed by atoms with van der Waals surface area (Å²) >= 11 is 0. The lowest BCUT2D eigenvalue weighted by atomic mass is 10.2. The lowest BCUT2D eigenvalue weighted by Crippen LogP contribution is -2.51. The molecule has 1 heterocycles. The number of alkyl carbamates (subject to hydrolysis) is 1. The molecule has 1 amide bonds. The third-order valence-corrected chi connectivity index (χ3v) is 2.69. The maximum absolute atomic E-state index is 11.9. The molecule has 0 aliphatic carbocycles. The van der Waals surface area contributed by atoms with Crippen molar-refractivity contribution in [3.63, 3.8) is 0 Å². The molecule has 0 aromatic carbocycles. The Morgan fingerprint density at radius 1 is 1.35 bits per heavy atom. The van der Waals surface area contributed by atoms with E-state index in [1.807, 2.05) is 0 Å². The number of carbonyl (C=O) groups excluding carboxylic acids is 2. The van der Waals surface area contributed by atoms with Gasteiger partial charge in [-0.2, -0.15) is 0 Å². The fraction of sp³-hybridized carbons (Fsp3) is 0.533.